The molecule has 1 atom stereocenters. The predicted molar refractivity (Wildman–Crippen MR) is 90.1 cm³/mol. The van der Waals surface area contributed by atoms with E-state index in [1.165, 1.54) is 24.3 Å². The Morgan fingerprint density at radius 2 is 1.76 bits per heavy atom. The van der Waals surface area contributed by atoms with Crippen LogP contribution in [0.3, 0.4) is 0 Å². The summed E-state index contributed by atoms with van der Waals surface area (Å²) < 4.78 is 84.3. The maximum Gasteiger partial charge on any atom is 0.416 e. The third kappa shape index (κ3) is 4.42. The molecule has 0 fully saturated rings. The summed E-state index contributed by atoms with van der Waals surface area (Å²) >= 11 is 0. The second-order valence-corrected chi connectivity index (χ2v) is 6.32. The molecule has 3 rings (SSSR count). The molecule has 3 aromatic rings. The Kier molecular flexibility index (Phi) is 5.13. The smallest absolute Gasteiger partial charge is 0.416 e. The normalized spacial score (nSPS) is 13.3. The van der Waals surface area contributed by atoms with Gasteiger partial charge in [0, 0.05) is 11.8 Å². The maximum atomic E-state index is 13.5. The fraction of sp³-hybridized carbons (Fsp3) is 0.200. The van der Waals surface area contributed by atoms with Gasteiger partial charge in [-0.2, -0.15) is 31.6 Å². The average molecular weight is 411 g/mol. The molecule has 1 unspecified atom stereocenters. The molecule has 0 aliphatic heterocycles. The van der Waals surface area contributed by atoms with Crippen molar-refractivity contribution in [1.82, 2.24) is 0 Å². The van der Waals surface area contributed by atoms with Gasteiger partial charge in [-0.15, -0.1) is 0 Å². The minimum Gasteiger partial charge on any atom is -0.453 e. The number of nitrogens with zero attached hydrogens (tertiary/aromatic N) is 1. The molecule has 0 spiro atoms. The molecule has 0 amide bonds. The van der Waals surface area contributed by atoms with Crippen LogP contribution in [0.4, 0.5) is 26.3 Å². The van der Waals surface area contributed by atoms with E-state index in [1.54, 1.807) is 0 Å². The van der Waals surface area contributed by atoms with Crippen molar-refractivity contribution in [3.05, 3.63) is 71.0 Å². The Morgan fingerprint density at radius 3 is 2.38 bits per heavy atom. The third-order valence-electron chi connectivity index (χ3n) is 4.32. The standard InChI is InChI=1S/C20H11F6NO2/c21-19(22,23)14-3-1-2-12(7-14)15(20(24,25)26)9-16(28)18-8-13-6-11(10-27)4-5-17(13)29-18/h1-8,15H,9H2. The molecule has 0 N–H and O–H groups in total. The number of rotatable bonds is 4. The summed E-state index contributed by atoms with van der Waals surface area (Å²) in [6.45, 7) is 0. The lowest BCUT2D eigenvalue weighted by molar-refractivity contribution is -0.150. The molecule has 0 aliphatic carbocycles. The highest BCUT2D eigenvalue weighted by Gasteiger charge is 2.43. The molecule has 29 heavy (non-hydrogen) atoms. The molecule has 0 radical (unpaired) electrons. The summed E-state index contributed by atoms with van der Waals surface area (Å²) in [6, 6.07) is 10.1. The summed E-state index contributed by atoms with van der Waals surface area (Å²) in [4.78, 5) is 12.4. The summed E-state index contributed by atoms with van der Waals surface area (Å²) in [6.07, 6.45) is -10.9. The van der Waals surface area contributed by atoms with E-state index in [-0.39, 0.29) is 16.9 Å². The Hall–Kier alpha value is -3.28. The van der Waals surface area contributed by atoms with Crippen molar-refractivity contribution >= 4 is 16.8 Å². The van der Waals surface area contributed by atoms with Gasteiger partial charge in [0.05, 0.1) is 23.1 Å². The number of hydrogen-bond donors (Lipinski definition) is 0. The number of carbonyl (C=O) groups excluding carboxylic acids is 1. The Balaban J connectivity index is 1.94. The van der Waals surface area contributed by atoms with E-state index in [0.29, 0.717) is 17.5 Å². The molecule has 150 valence electrons. The van der Waals surface area contributed by atoms with E-state index < -0.39 is 41.6 Å². The van der Waals surface area contributed by atoms with E-state index in [0.717, 1.165) is 12.1 Å². The number of hydrogen-bond acceptors (Lipinski definition) is 3. The number of furan rings is 1. The largest absolute Gasteiger partial charge is 0.453 e. The van der Waals surface area contributed by atoms with Gasteiger partial charge >= 0.3 is 12.4 Å². The zero-order chi connectivity index (χ0) is 21.4. The SMILES string of the molecule is N#Cc1ccc2oc(C(=O)CC(c3cccc(C(F)(F)F)c3)C(F)(F)F)cc2c1. The number of Topliss-reactive ketones (excluding diaryl/α,β-unsaturated/α-hetero) is 1. The summed E-state index contributed by atoms with van der Waals surface area (Å²) in [5.74, 6) is -3.81. The van der Waals surface area contributed by atoms with Crippen LogP contribution in [0.2, 0.25) is 0 Å². The molecule has 1 aromatic heterocycles. The fourth-order valence-electron chi connectivity index (χ4n) is 2.89. The molecular formula is C20H11F6NO2. The number of carbonyl (C=O) groups is 1. The van der Waals surface area contributed by atoms with Crippen molar-refractivity contribution in [2.75, 3.05) is 0 Å². The molecule has 0 bridgehead atoms. The second-order valence-electron chi connectivity index (χ2n) is 6.32. The molecule has 2 aromatic carbocycles. The number of ketones is 1. The number of alkyl halides is 6. The van der Waals surface area contributed by atoms with Crippen molar-refractivity contribution in [1.29, 1.82) is 5.26 Å². The molecule has 0 saturated carbocycles. The topological polar surface area (TPSA) is 54.0 Å². The summed E-state index contributed by atoms with van der Waals surface area (Å²) in [5, 5.41) is 9.23. The molecule has 3 nitrogen and oxygen atoms in total. The van der Waals surface area contributed by atoms with Gasteiger partial charge < -0.3 is 4.42 Å². The van der Waals surface area contributed by atoms with Gasteiger partial charge in [0.1, 0.15) is 5.58 Å². The van der Waals surface area contributed by atoms with Crippen LogP contribution in [-0.4, -0.2) is 12.0 Å². The molecular weight excluding hydrogens is 400 g/mol. The molecule has 1 heterocycles. The number of fused-ring (bicyclic) bond motifs is 1. The Labute approximate surface area is 160 Å². The molecule has 9 heteroatoms. The van der Waals surface area contributed by atoms with Crippen molar-refractivity contribution < 1.29 is 35.6 Å². The predicted octanol–water partition coefficient (Wildman–Crippen LogP) is 6.24. The van der Waals surface area contributed by atoms with Crippen LogP contribution < -0.4 is 0 Å². The van der Waals surface area contributed by atoms with Gasteiger partial charge in [0.25, 0.3) is 0 Å². The summed E-state index contributed by atoms with van der Waals surface area (Å²) in [7, 11) is 0. The first-order chi connectivity index (χ1) is 13.5. The monoisotopic (exact) mass is 411 g/mol. The van der Waals surface area contributed by atoms with Crippen LogP contribution in [0.25, 0.3) is 11.0 Å². The van der Waals surface area contributed by atoms with E-state index in [9.17, 15) is 31.1 Å². The van der Waals surface area contributed by atoms with Crippen molar-refractivity contribution in [2.45, 2.75) is 24.7 Å². The number of benzene rings is 2. The van der Waals surface area contributed by atoms with Gasteiger partial charge in [-0.1, -0.05) is 18.2 Å². The average Bonchev–Trinajstić information content (AvgIpc) is 3.07. The van der Waals surface area contributed by atoms with Crippen LogP contribution in [0.15, 0.2) is 52.9 Å². The first kappa shape index (κ1) is 20.5. The van der Waals surface area contributed by atoms with Gasteiger partial charge in [-0.3, -0.25) is 4.79 Å². The second kappa shape index (κ2) is 7.28. The van der Waals surface area contributed by atoms with Crippen LogP contribution in [0.5, 0.6) is 0 Å². The van der Waals surface area contributed by atoms with Gasteiger partial charge in [0.2, 0.25) is 0 Å². The Morgan fingerprint density at radius 1 is 1.03 bits per heavy atom. The lowest BCUT2D eigenvalue weighted by atomic mass is 9.91. The van der Waals surface area contributed by atoms with Gasteiger partial charge in [-0.05, 0) is 35.9 Å². The van der Waals surface area contributed by atoms with Crippen LogP contribution in [-0.2, 0) is 6.18 Å². The fourth-order valence-corrected chi connectivity index (χ4v) is 2.89. The first-order valence-corrected chi connectivity index (χ1v) is 8.20. The molecule has 0 aliphatic rings. The van der Waals surface area contributed by atoms with Crippen LogP contribution in [0, 0.1) is 11.3 Å². The lowest BCUT2D eigenvalue weighted by Crippen LogP contribution is -2.24. The molecule has 0 saturated heterocycles. The number of nitriles is 1. The van der Waals surface area contributed by atoms with Crippen molar-refractivity contribution in [3.63, 3.8) is 0 Å². The van der Waals surface area contributed by atoms with E-state index in [4.69, 9.17) is 9.68 Å². The summed E-state index contributed by atoms with van der Waals surface area (Å²) in [5.41, 5.74) is -1.42. The highest BCUT2D eigenvalue weighted by Crippen LogP contribution is 2.40. The highest BCUT2D eigenvalue weighted by atomic mass is 19.4. The zero-order valence-electron chi connectivity index (χ0n) is 14.4. The van der Waals surface area contributed by atoms with E-state index in [2.05, 4.69) is 0 Å². The van der Waals surface area contributed by atoms with E-state index >= 15 is 0 Å². The third-order valence-corrected chi connectivity index (χ3v) is 4.32. The first-order valence-electron chi connectivity index (χ1n) is 8.20. The van der Waals surface area contributed by atoms with E-state index in [1.807, 2.05) is 6.07 Å². The van der Waals surface area contributed by atoms with Gasteiger partial charge in [0.15, 0.2) is 11.5 Å². The lowest BCUT2D eigenvalue weighted by Gasteiger charge is -2.20. The van der Waals surface area contributed by atoms with Gasteiger partial charge in [-0.25, -0.2) is 0 Å². The van der Waals surface area contributed by atoms with Crippen LogP contribution >= 0.6 is 0 Å². The maximum absolute atomic E-state index is 13.5. The highest BCUT2D eigenvalue weighted by molar-refractivity contribution is 5.98. The Bertz CT molecular complexity index is 1100. The zero-order valence-corrected chi connectivity index (χ0v) is 14.4. The van der Waals surface area contributed by atoms with Crippen molar-refractivity contribution in [3.8, 4) is 6.07 Å². The quantitative estimate of drug-likeness (QED) is 0.377. The number of halogens is 6. The van der Waals surface area contributed by atoms with Crippen molar-refractivity contribution in [2.24, 2.45) is 0 Å². The van der Waals surface area contributed by atoms with Crippen LogP contribution in [0.1, 0.15) is 39.6 Å². The minimum atomic E-state index is -4.94. The minimum absolute atomic E-state index is 0.204.